The molecule has 2 aromatic carbocycles. The molecular formula is C23H27Br. The Kier molecular flexibility index (Phi) is 4.51. The van der Waals surface area contributed by atoms with Crippen molar-refractivity contribution >= 4 is 27.6 Å². The van der Waals surface area contributed by atoms with Crippen molar-refractivity contribution in [2.24, 2.45) is 0 Å². The number of hydrogen-bond acceptors (Lipinski definition) is 0. The molecule has 0 atom stereocenters. The molecule has 0 radical (unpaired) electrons. The molecule has 1 aliphatic rings. The first-order valence-corrected chi connectivity index (χ1v) is 9.58. The second kappa shape index (κ2) is 6.19. The van der Waals surface area contributed by atoms with E-state index in [0.29, 0.717) is 0 Å². The van der Waals surface area contributed by atoms with Crippen molar-refractivity contribution in [1.82, 2.24) is 0 Å². The zero-order valence-electron chi connectivity index (χ0n) is 15.4. The van der Waals surface area contributed by atoms with Crippen LogP contribution in [0.4, 0.5) is 0 Å². The second-order valence-corrected chi connectivity index (χ2v) is 9.32. The van der Waals surface area contributed by atoms with Gasteiger partial charge in [-0.2, -0.15) is 0 Å². The number of halogens is 1. The number of fused-ring (bicyclic) bond motifs is 1. The molecule has 0 saturated heterocycles. The summed E-state index contributed by atoms with van der Waals surface area (Å²) in [5, 5.41) is 0. The minimum absolute atomic E-state index is 0.263. The molecule has 0 unspecified atom stereocenters. The van der Waals surface area contributed by atoms with Crippen molar-refractivity contribution in [3.8, 4) is 0 Å². The van der Waals surface area contributed by atoms with Gasteiger partial charge in [0.25, 0.3) is 0 Å². The summed E-state index contributed by atoms with van der Waals surface area (Å²) < 4.78 is 1.12. The van der Waals surface area contributed by atoms with Gasteiger partial charge in [0, 0.05) is 4.47 Å². The third-order valence-electron chi connectivity index (χ3n) is 5.56. The summed E-state index contributed by atoms with van der Waals surface area (Å²) in [5.74, 6) is 0. The standard InChI is InChI=1S/C23H27Br/c1-16(14-17-6-9-19(24)10-7-17)18-8-11-20-21(15-18)23(4,5)13-12-22(20,2)3/h6-11,14-15H,12-13H2,1-5H3/b16-14+. The van der Waals surface area contributed by atoms with E-state index in [1.165, 1.54) is 40.7 Å². The smallest absolute Gasteiger partial charge is 0.0175 e. The minimum atomic E-state index is 0.263. The molecule has 1 heteroatoms. The summed E-state index contributed by atoms with van der Waals surface area (Å²) in [4.78, 5) is 0. The Bertz CT molecular complexity index is 776. The van der Waals surface area contributed by atoms with Crippen molar-refractivity contribution in [2.75, 3.05) is 0 Å². The third kappa shape index (κ3) is 3.37. The first-order chi connectivity index (χ1) is 11.2. The summed E-state index contributed by atoms with van der Waals surface area (Å²) in [6.07, 6.45) is 4.79. The van der Waals surface area contributed by atoms with Crippen molar-refractivity contribution in [1.29, 1.82) is 0 Å². The number of allylic oxidation sites excluding steroid dienone is 1. The Morgan fingerprint density at radius 3 is 2.08 bits per heavy atom. The van der Waals surface area contributed by atoms with Crippen LogP contribution in [-0.2, 0) is 10.8 Å². The summed E-state index contributed by atoms with van der Waals surface area (Å²) in [6.45, 7) is 11.7. The van der Waals surface area contributed by atoms with Gasteiger partial charge in [-0.1, -0.05) is 80.0 Å². The van der Waals surface area contributed by atoms with E-state index in [0.717, 1.165) is 4.47 Å². The average Bonchev–Trinajstić information content (AvgIpc) is 2.54. The van der Waals surface area contributed by atoms with E-state index in [-0.39, 0.29) is 10.8 Å². The van der Waals surface area contributed by atoms with Crippen LogP contribution in [0, 0.1) is 0 Å². The zero-order valence-corrected chi connectivity index (χ0v) is 17.0. The molecule has 0 N–H and O–H groups in total. The molecule has 2 aromatic rings. The highest BCUT2D eigenvalue weighted by atomic mass is 79.9. The lowest BCUT2D eigenvalue weighted by molar-refractivity contribution is 0.332. The van der Waals surface area contributed by atoms with Gasteiger partial charge >= 0.3 is 0 Å². The Morgan fingerprint density at radius 2 is 1.46 bits per heavy atom. The van der Waals surface area contributed by atoms with Crippen LogP contribution in [-0.4, -0.2) is 0 Å². The predicted octanol–water partition coefficient (Wildman–Crippen LogP) is 7.36. The fourth-order valence-electron chi connectivity index (χ4n) is 3.73. The van der Waals surface area contributed by atoms with Gasteiger partial charge in [0.15, 0.2) is 0 Å². The Labute approximate surface area is 155 Å². The highest BCUT2D eigenvalue weighted by Gasteiger charge is 2.36. The first kappa shape index (κ1) is 17.5. The van der Waals surface area contributed by atoms with E-state index in [1.54, 1.807) is 0 Å². The van der Waals surface area contributed by atoms with Crippen molar-refractivity contribution in [3.63, 3.8) is 0 Å². The molecule has 0 bridgehead atoms. The number of rotatable bonds is 2. The lowest BCUT2D eigenvalue weighted by atomic mass is 9.63. The molecule has 0 saturated carbocycles. The second-order valence-electron chi connectivity index (χ2n) is 8.41. The van der Waals surface area contributed by atoms with Gasteiger partial charge in [0.05, 0.1) is 0 Å². The summed E-state index contributed by atoms with van der Waals surface area (Å²) in [5.41, 5.74) is 7.50. The Hall–Kier alpha value is -1.34. The van der Waals surface area contributed by atoms with Crippen LogP contribution >= 0.6 is 15.9 Å². The molecule has 3 rings (SSSR count). The fraction of sp³-hybridized carbons (Fsp3) is 0.391. The van der Waals surface area contributed by atoms with E-state index in [1.807, 2.05) is 0 Å². The fourth-order valence-corrected chi connectivity index (χ4v) is 3.99. The molecule has 0 amide bonds. The van der Waals surface area contributed by atoms with Crippen LogP contribution in [0.1, 0.15) is 69.7 Å². The van der Waals surface area contributed by atoms with Gasteiger partial charge in [0.2, 0.25) is 0 Å². The van der Waals surface area contributed by atoms with E-state index in [4.69, 9.17) is 0 Å². The van der Waals surface area contributed by atoms with E-state index >= 15 is 0 Å². The largest absolute Gasteiger partial charge is 0.0576 e. The molecule has 0 nitrogen and oxygen atoms in total. The maximum absolute atomic E-state index is 3.50. The van der Waals surface area contributed by atoms with Crippen molar-refractivity contribution < 1.29 is 0 Å². The predicted molar refractivity (Wildman–Crippen MR) is 109 cm³/mol. The normalized spacial score (nSPS) is 19.0. The van der Waals surface area contributed by atoms with Gasteiger partial charge in [-0.15, -0.1) is 0 Å². The highest BCUT2D eigenvalue weighted by molar-refractivity contribution is 9.10. The van der Waals surface area contributed by atoms with E-state index in [9.17, 15) is 0 Å². The molecule has 126 valence electrons. The third-order valence-corrected chi connectivity index (χ3v) is 6.09. The quantitative estimate of drug-likeness (QED) is 0.475. The molecule has 0 fully saturated rings. The topological polar surface area (TPSA) is 0 Å². The van der Waals surface area contributed by atoms with Gasteiger partial charge in [0.1, 0.15) is 0 Å². The van der Waals surface area contributed by atoms with Gasteiger partial charge in [-0.3, -0.25) is 0 Å². The first-order valence-electron chi connectivity index (χ1n) is 8.78. The minimum Gasteiger partial charge on any atom is -0.0576 e. The molecule has 0 heterocycles. The molecule has 0 spiro atoms. The van der Waals surface area contributed by atoms with Crippen LogP contribution in [0.3, 0.4) is 0 Å². The number of benzene rings is 2. The van der Waals surface area contributed by atoms with Gasteiger partial charge < -0.3 is 0 Å². The average molecular weight is 383 g/mol. The Balaban J connectivity index is 2.03. The molecule has 0 aromatic heterocycles. The lowest BCUT2D eigenvalue weighted by Gasteiger charge is -2.42. The Morgan fingerprint density at radius 1 is 0.875 bits per heavy atom. The molecule has 24 heavy (non-hydrogen) atoms. The summed E-state index contributed by atoms with van der Waals surface area (Å²) in [7, 11) is 0. The zero-order chi connectivity index (χ0) is 17.5. The molecular weight excluding hydrogens is 356 g/mol. The maximum Gasteiger partial charge on any atom is 0.0175 e. The summed E-state index contributed by atoms with van der Waals surface area (Å²) in [6, 6.07) is 15.6. The maximum atomic E-state index is 3.50. The monoisotopic (exact) mass is 382 g/mol. The summed E-state index contributed by atoms with van der Waals surface area (Å²) >= 11 is 3.50. The van der Waals surface area contributed by atoms with Crippen molar-refractivity contribution in [3.05, 3.63) is 69.2 Å². The van der Waals surface area contributed by atoms with E-state index in [2.05, 4.69) is 99.1 Å². The van der Waals surface area contributed by atoms with Gasteiger partial charge in [-0.05, 0) is 70.6 Å². The van der Waals surface area contributed by atoms with Crippen LogP contribution in [0.25, 0.3) is 11.6 Å². The molecule has 1 aliphatic carbocycles. The molecule has 0 aliphatic heterocycles. The van der Waals surface area contributed by atoms with Crippen LogP contribution < -0.4 is 0 Å². The van der Waals surface area contributed by atoms with Gasteiger partial charge in [-0.25, -0.2) is 0 Å². The van der Waals surface area contributed by atoms with Crippen LogP contribution in [0.2, 0.25) is 0 Å². The SMILES string of the molecule is C/C(=C\c1ccc(Br)cc1)c1ccc2c(c1)C(C)(C)CCC2(C)C. The lowest BCUT2D eigenvalue weighted by Crippen LogP contribution is -2.33. The van der Waals surface area contributed by atoms with E-state index < -0.39 is 0 Å². The van der Waals surface area contributed by atoms with Crippen LogP contribution in [0.15, 0.2) is 46.9 Å². The van der Waals surface area contributed by atoms with Crippen molar-refractivity contribution in [2.45, 2.75) is 58.3 Å². The van der Waals surface area contributed by atoms with Crippen LogP contribution in [0.5, 0.6) is 0 Å². The number of hydrogen-bond donors (Lipinski definition) is 0. The highest BCUT2D eigenvalue weighted by Crippen LogP contribution is 2.46.